The summed E-state index contributed by atoms with van der Waals surface area (Å²) in [6.07, 6.45) is 0. The molecule has 0 fully saturated rings. The number of thiophene rings is 1. The van der Waals surface area contributed by atoms with Crippen molar-refractivity contribution in [3.63, 3.8) is 0 Å². The van der Waals surface area contributed by atoms with Gasteiger partial charge in [-0.3, -0.25) is 14.4 Å². The minimum Gasteiger partial charge on any atom is -0.383 e. The molecule has 2 atom stereocenters. The highest BCUT2D eigenvalue weighted by Crippen LogP contribution is 2.44. The van der Waals surface area contributed by atoms with E-state index in [1.807, 2.05) is 35.7 Å². The van der Waals surface area contributed by atoms with Gasteiger partial charge in [0.1, 0.15) is 0 Å². The summed E-state index contributed by atoms with van der Waals surface area (Å²) in [6.45, 7) is 2.25. The number of nitrogens with zero attached hydrogens (tertiary/aromatic N) is 1. The number of ketones is 1. The van der Waals surface area contributed by atoms with Crippen LogP contribution in [0.15, 0.2) is 66.0 Å². The van der Waals surface area contributed by atoms with Gasteiger partial charge in [0, 0.05) is 35.3 Å². The molecule has 2 heterocycles. The standard InChI is InChI=1S/C25H24N2O4S/c1-16(28)17-9-11-18(12-10-17)26-24(29)22-19-6-3-4-7-20(19)25(30)27(13-14-31-2)23(22)21-8-5-15-32-21/h3-12,15,22-23H,13-14H2,1-2H3,(H,26,29)/t22-,23-/m0/s1. The van der Waals surface area contributed by atoms with Gasteiger partial charge in [0.15, 0.2) is 5.78 Å². The number of nitrogens with one attached hydrogen (secondary N) is 1. The molecule has 0 saturated heterocycles. The monoisotopic (exact) mass is 448 g/mol. The van der Waals surface area contributed by atoms with Crippen LogP contribution in [0, 0.1) is 0 Å². The van der Waals surface area contributed by atoms with Crippen LogP contribution in [0.4, 0.5) is 5.69 Å². The lowest BCUT2D eigenvalue weighted by molar-refractivity contribution is -0.119. The van der Waals surface area contributed by atoms with E-state index >= 15 is 0 Å². The number of anilines is 1. The van der Waals surface area contributed by atoms with E-state index in [1.165, 1.54) is 18.3 Å². The number of carbonyl (C=O) groups excluding carboxylic acids is 3. The average Bonchev–Trinajstić information content (AvgIpc) is 3.33. The van der Waals surface area contributed by atoms with Gasteiger partial charge in [-0.1, -0.05) is 24.3 Å². The Hall–Kier alpha value is -3.29. The van der Waals surface area contributed by atoms with Gasteiger partial charge >= 0.3 is 0 Å². The molecule has 0 bridgehead atoms. The van der Waals surface area contributed by atoms with Crippen molar-refractivity contribution < 1.29 is 19.1 Å². The zero-order valence-corrected chi connectivity index (χ0v) is 18.7. The average molecular weight is 449 g/mol. The van der Waals surface area contributed by atoms with Crippen molar-refractivity contribution in [2.75, 3.05) is 25.6 Å². The van der Waals surface area contributed by atoms with Gasteiger partial charge in [-0.25, -0.2) is 0 Å². The number of rotatable bonds is 7. The fourth-order valence-electron chi connectivity index (χ4n) is 4.09. The van der Waals surface area contributed by atoms with Gasteiger partial charge in [0.25, 0.3) is 5.91 Å². The van der Waals surface area contributed by atoms with E-state index in [0.717, 1.165) is 4.88 Å². The molecule has 1 aliphatic heterocycles. The van der Waals surface area contributed by atoms with Crippen LogP contribution < -0.4 is 5.32 Å². The summed E-state index contributed by atoms with van der Waals surface area (Å²) in [5.41, 5.74) is 2.42. The Morgan fingerprint density at radius 2 is 1.81 bits per heavy atom. The molecular formula is C25H24N2O4S. The van der Waals surface area contributed by atoms with E-state index in [9.17, 15) is 14.4 Å². The van der Waals surface area contributed by atoms with E-state index in [2.05, 4.69) is 5.32 Å². The minimum atomic E-state index is -0.591. The predicted octanol–water partition coefficient (Wildman–Crippen LogP) is 4.52. The van der Waals surface area contributed by atoms with Crippen LogP contribution in [0.2, 0.25) is 0 Å². The normalized spacial score (nSPS) is 17.7. The first kappa shape index (κ1) is 21.9. The highest BCUT2D eigenvalue weighted by atomic mass is 32.1. The molecule has 6 nitrogen and oxygen atoms in total. The summed E-state index contributed by atoms with van der Waals surface area (Å²) >= 11 is 1.52. The molecule has 2 amide bonds. The Labute approximate surface area is 190 Å². The van der Waals surface area contributed by atoms with Crippen molar-refractivity contribution in [3.05, 3.63) is 87.6 Å². The van der Waals surface area contributed by atoms with Crippen LogP contribution in [0.1, 0.15) is 50.0 Å². The number of fused-ring (bicyclic) bond motifs is 1. The number of hydrogen-bond acceptors (Lipinski definition) is 5. The van der Waals surface area contributed by atoms with Crippen LogP contribution >= 0.6 is 11.3 Å². The number of carbonyl (C=O) groups is 3. The predicted molar refractivity (Wildman–Crippen MR) is 124 cm³/mol. The molecule has 0 aliphatic carbocycles. The Balaban J connectivity index is 1.75. The molecule has 1 aromatic heterocycles. The molecule has 1 aliphatic rings. The maximum atomic E-state index is 13.6. The quantitative estimate of drug-likeness (QED) is 0.540. The first-order valence-electron chi connectivity index (χ1n) is 10.4. The molecular weight excluding hydrogens is 424 g/mol. The number of hydrogen-bond donors (Lipinski definition) is 1. The largest absolute Gasteiger partial charge is 0.383 e. The number of amides is 2. The van der Waals surface area contributed by atoms with Crippen molar-refractivity contribution in [1.82, 2.24) is 4.90 Å². The van der Waals surface area contributed by atoms with Crippen molar-refractivity contribution in [1.29, 1.82) is 0 Å². The highest BCUT2D eigenvalue weighted by Gasteiger charge is 2.44. The van der Waals surface area contributed by atoms with Crippen molar-refractivity contribution in [2.45, 2.75) is 18.9 Å². The molecule has 0 spiro atoms. The molecule has 0 radical (unpaired) electrons. The van der Waals surface area contributed by atoms with Gasteiger partial charge < -0.3 is 15.0 Å². The molecule has 7 heteroatoms. The zero-order valence-electron chi connectivity index (χ0n) is 17.9. The lowest BCUT2D eigenvalue weighted by Crippen LogP contribution is -2.47. The Bertz CT molecular complexity index is 1130. The SMILES string of the molecule is COCCN1C(=O)c2ccccc2[C@H](C(=O)Nc2ccc(C(C)=O)cc2)[C@@H]1c1cccs1. The maximum absolute atomic E-state index is 13.6. The molecule has 32 heavy (non-hydrogen) atoms. The Morgan fingerprint density at radius 3 is 2.47 bits per heavy atom. The van der Waals surface area contributed by atoms with Crippen LogP contribution in [-0.2, 0) is 9.53 Å². The zero-order chi connectivity index (χ0) is 22.7. The second-order valence-electron chi connectivity index (χ2n) is 7.64. The summed E-state index contributed by atoms with van der Waals surface area (Å²) in [4.78, 5) is 41.2. The maximum Gasteiger partial charge on any atom is 0.254 e. The lowest BCUT2D eigenvalue weighted by atomic mass is 9.81. The van der Waals surface area contributed by atoms with Crippen molar-refractivity contribution >= 4 is 34.6 Å². The minimum absolute atomic E-state index is 0.0332. The summed E-state index contributed by atoms with van der Waals surface area (Å²) < 4.78 is 5.25. The number of ether oxygens (including phenoxy) is 1. The number of methoxy groups -OCH3 is 1. The van der Waals surface area contributed by atoms with Gasteiger partial charge in [-0.15, -0.1) is 11.3 Å². The number of benzene rings is 2. The lowest BCUT2D eigenvalue weighted by Gasteiger charge is -2.41. The third kappa shape index (κ3) is 4.22. The Kier molecular flexibility index (Phi) is 6.48. The first-order chi connectivity index (χ1) is 15.5. The van der Waals surface area contributed by atoms with E-state index in [-0.39, 0.29) is 17.6 Å². The molecule has 0 unspecified atom stereocenters. The van der Waals surface area contributed by atoms with Gasteiger partial charge in [-0.2, -0.15) is 0 Å². The fourth-order valence-corrected chi connectivity index (χ4v) is 4.97. The number of Topliss-reactive ketones (excluding diaryl/α,β-unsaturated/α-hetero) is 1. The van der Waals surface area contributed by atoms with Crippen LogP contribution in [0.5, 0.6) is 0 Å². The van der Waals surface area contributed by atoms with E-state index in [4.69, 9.17) is 4.74 Å². The molecule has 3 aromatic rings. The van der Waals surface area contributed by atoms with Crippen LogP contribution in [-0.4, -0.2) is 42.8 Å². The van der Waals surface area contributed by atoms with Crippen molar-refractivity contribution in [3.8, 4) is 0 Å². The molecule has 4 rings (SSSR count). The smallest absolute Gasteiger partial charge is 0.254 e. The van der Waals surface area contributed by atoms with Crippen LogP contribution in [0.3, 0.4) is 0 Å². The van der Waals surface area contributed by atoms with Gasteiger partial charge in [0.2, 0.25) is 5.91 Å². The third-order valence-electron chi connectivity index (χ3n) is 5.65. The van der Waals surface area contributed by atoms with Gasteiger partial charge in [-0.05, 0) is 54.3 Å². The van der Waals surface area contributed by atoms with Crippen molar-refractivity contribution in [2.24, 2.45) is 0 Å². The van der Waals surface area contributed by atoms with E-state index < -0.39 is 12.0 Å². The second-order valence-corrected chi connectivity index (χ2v) is 8.62. The summed E-state index contributed by atoms with van der Waals surface area (Å²) in [7, 11) is 1.59. The summed E-state index contributed by atoms with van der Waals surface area (Å²) in [5, 5.41) is 4.94. The highest BCUT2D eigenvalue weighted by molar-refractivity contribution is 7.10. The molecule has 1 N–H and O–H groups in total. The Morgan fingerprint density at radius 1 is 1.06 bits per heavy atom. The first-order valence-corrected chi connectivity index (χ1v) is 11.2. The topological polar surface area (TPSA) is 75.7 Å². The summed E-state index contributed by atoms with van der Waals surface area (Å²) in [5.74, 6) is -0.937. The summed E-state index contributed by atoms with van der Waals surface area (Å²) in [6, 6.07) is 17.5. The third-order valence-corrected chi connectivity index (χ3v) is 6.59. The molecule has 164 valence electrons. The second kappa shape index (κ2) is 9.46. The van der Waals surface area contributed by atoms with Gasteiger partial charge in [0.05, 0.1) is 18.6 Å². The van der Waals surface area contributed by atoms with Crippen LogP contribution in [0.25, 0.3) is 0 Å². The van der Waals surface area contributed by atoms with E-state index in [1.54, 1.807) is 42.3 Å². The fraction of sp³-hybridized carbons (Fsp3) is 0.240. The molecule has 2 aromatic carbocycles. The molecule has 0 saturated carbocycles. The van der Waals surface area contributed by atoms with E-state index in [0.29, 0.717) is 35.5 Å².